The number of benzene rings is 3. The Morgan fingerprint density at radius 1 is 0.921 bits per heavy atom. The van der Waals surface area contributed by atoms with Gasteiger partial charge >= 0.3 is 0 Å². The molecule has 1 aliphatic heterocycles. The van der Waals surface area contributed by atoms with Crippen LogP contribution in [0.15, 0.2) is 70.9 Å². The first kappa shape index (κ1) is 26.5. The monoisotopic (exact) mass is 551 g/mol. The van der Waals surface area contributed by atoms with Crippen molar-refractivity contribution in [2.75, 3.05) is 26.2 Å². The Hall–Kier alpha value is -3.07. The molecular weight excluding hydrogens is 518 g/mol. The zero-order chi connectivity index (χ0) is 26.7. The van der Waals surface area contributed by atoms with Crippen LogP contribution in [0.2, 0.25) is 0 Å². The maximum Gasteiger partial charge on any atom is 0.190 e. The number of fused-ring (bicyclic) bond motifs is 1. The maximum absolute atomic E-state index is 12.7. The number of rotatable bonds is 9. The Morgan fingerprint density at radius 3 is 2.39 bits per heavy atom. The number of piperidine rings is 1. The molecule has 2 heterocycles. The van der Waals surface area contributed by atoms with E-state index in [1.54, 1.807) is 32.0 Å². The lowest BCUT2D eigenvalue weighted by atomic mass is 10.0. The molecule has 1 saturated heterocycles. The molecule has 0 atom stereocenters. The van der Waals surface area contributed by atoms with Gasteiger partial charge < -0.3 is 14.6 Å². The summed E-state index contributed by atoms with van der Waals surface area (Å²) in [6.07, 6.45) is 3.85. The molecule has 4 aromatic rings. The summed E-state index contributed by atoms with van der Waals surface area (Å²) in [7, 11) is -3.38. The van der Waals surface area contributed by atoms with Crippen molar-refractivity contribution in [2.45, 2.75) is 42.6 Å². The maximum atomic E-state index is 12.7. The molecule has 1 aromatic heterocycles. The normalized spacial score (nSPS) is 14.7. The van der Waals surface area contributed by atoms with Gasteiger partial charge in [0.2, 0.25) is 0 Å². The Morgan fingerprint density at radius 2 is 1.66 bits per heavy atom. The summed E-state index contributed by atoms with van der Waals surface area (Å²) < 4.78 is 38.2. The molecule has 1 aliphatic rings. The van der Waals surface area contributed by atoms with E-state index in [0.29, 0.717) is 22.3 Å². The zero-order valence-electron chi connectivity index (χ0n) is 21.7. The summed E-state index contributed by atoms with van der Waals surface area (Å²) in [5, 5.41) is 11.2. The highest BCUT2D eigenvalue weighted by atomic mass is 32.2. The average Bonchev–Trinajstić information content (AvgIpc) is 3.41. The number of sulfone groups is 1. The summed E-state index contributed by atoms with van der Waals surface area (Å²) in [5.74, 6) is 2.21. The molecule has 0 amide bonds. The molecule has 0 spiro atoms. The first-order valence-corrected chi connectivity index (χ1v) is 15.4. The van der Waals surface area contributed by atoms with E-state index in [0.717, 1.165) is 46.6 Å². The predicted molar refractivity (Wildman–Crippen MR) is 154 cm³/mol. The van der Waals surface area contributed by atoms with Crippen LogP contribution in [0.3, 0.4) is 0 Å². The van der Waals surface area contributed by atoms with Gasteiger partial charge in [-0.3, -0.25) is 4.90 Å². The summed E-state index contributed by atoms with van der Waals surface area (Å²) in [6, 6.07) is 20.0. The fraction of sp³-hybridized carbons (Fsp3) is 0.333. The number of hydrogen-bond acceptors (Lipinski definition) is 7. The lowest BCUT2D eigenvalue weighted by Gasteiger charge is -2.26. The highest BCUT2D eigenvalue weighted by Gasteiger charge is 2.23. The molecule has 8 heteroatoms. The van der Waals surface area contributed by atoms with Crippen LogP contribution in [0.25, 0.3) is 21.2 Å². The van der Waals surface area contributed by atoms with E-state index in [9.17, 15) is 13.5 Å². The number of aromatic hydroxyl groups is 1. The Balaban J connectivity index is 1.40. The van der Waals surface area contributed by atoms with E-state index in [4.69, 9.17) is 9.47 Å². The molecule has 0 bridgehead atoms. The molecule has 3 aromatic carbocycles. The van der Waals surface area contributed by atoms with E-state index in [1.807, 2.05) is 48.5 Å². The van der Waals surface area contributed by atoms with Gasteiger partial charge in [-0.1, -0.05) is 12.5 Å². The van der Waals surface area contributed by atoms with Gasteiger partial charge in [0.05, 0.1) is 5.25 Å². The zero-order valence-corrected chi connectivity index (χ0v) is 23.4. The molecule has 200 valence electrons. The van der Waals surface area contributed by atoms with Crippen molar-refractivity contribution >= 4 is 31.9 Å². The topological polar surface area (TPSA) is 76.1 Å². The summed E-state index contributed by atoms with van der Waals surface area (Å²) >= 11 is 1.24. The van der Waals surface area contributed by atoms with E-state index in [2.05, 4.69) is 4.90 Å². The fourth-order valence-electron chi connectivity index (χ4n) is 4.64. The molecule has 5 rings (SSSR count). The van der Waals surface area contributed by atoms with Crippen LogP contribution in [0.5, 0.6) is 23.0 Å². The molecule has 0 unspecified atom stereocenters. The molecule has 6 nitrogen and oxygen atoms in total. The Labute approximate surface area is 228 Å². The first-order chi connectivity index (χ1) is 18.3. The predicted octanol–water partition coefficient (Wildman–Crippen LogP) is 7.11. The van der Waals surface area contributed by atoms with Crippen molar-refractivity contribution in [1.29, 1.82) is 0 Å². The second-order valence-corrected chi connectivity index (χ2v) is 13.7. The van der Waals surface area contributed by atoms with E-state index in [1.165, 1.54) is 30.6 Å². The summed E-state index contributed by atoms with van der Waals surface area (Å²) in [4.78, 5) is 3.25. The Bertz CT molecular complexity index is 1500. The lowest BCUT2D eigenvalue weighted by Crippen LogP contribution is -2.33. The van der Waals surface area contributed by atoms with E-state index < -0.39 is 15.1 Å². The quantitative estimate of drug-likeness (QED) is 0.239. The minimum absolute atomic E-state index is 0.170. The molecule has 1 N–H and O–H groups in total. The SMILES string of the molecule is CC(C)S(=O)(=O)c1ccc(-c2ccc3cc(O)ccc3c2Oc2ccc(OCCN3CCCCC3)cc2)s1. The smallest absolute Gasteiger partial charge is 0.190 e. The number of ether oxygens (including phenoxy) is 2. The van der Waals surface area contributed by atoms with Crippen LogP contribution < -0.4 is 9.47 Å². The Kier molecular flexibility index (Phi) is 7.93. The molecule has 0 aliphatic carbocycles. The second-order valence-electron chi connectivity index (χ2n) is 9.88. The summed E-state index contributed by atoms with van der Waals surface area (Å²) in [5.41, 5.74) is 0.792. The van der Waals surface area contributed by atoms with Gasteiger partial charge in [-0.05, 0) is 106 Å². The number of likely N-dealkylation sites (tertiary alicyclic amines) is 1. The minimum atomic E-state index is -3.38. The largest absolute Gasteiger partial charge is 0.508 e. The molecular formula is C30H33NO5S2. The molecule has 0 saturated carbocycles. The average molecular weight is 552 g/mol. The van der Waals surface area contributed by atoms with E-state index >= 15 is 0 Å². The van der Waals surface area contributed by atoms with Crippen molar-refractivity contribution in [3.63, 3.8) is 0 Å². The van der Waals surface area contributed by atoms with E-state index in [-0.39, 0.29) is 5.75 Å². The number of phenols is 1. The number of thiophene rings is 1. The third-order valence-electron chi connectivity index (χ3n) is 6.87. The van der Waals surface area contributed by atoms with Crippen molar-refractivity contribution < 1.29 is 23.0 Å². The van der Waals surface area contributed by atoms with Gasteiger partial charge in [0.25, 0.3) is 0 Å². The highest BCUT2D eigenvalue weighted by Crippen LogP contribution is 2.43. The van der Waals surface area contributed by atoms with Crippen LogP contribution in [0.4, 0.5) is 0 Å². The van der Waals surface area contributed by atoms with Gasteiger partial charge in [-0.15, -0.1) is 11.3 Å². The minimum Gasteiger partial charge on any atom is -0.508 e. The van der Waals surface area contributed by atoms with Gasteiger partial charge in [0, 0.05) is 22.4 Å². The van der Waals surface area contributed by atoms with Gasteiger partial charge in [0.15, 0.2) is 9.84 Å². The number of nitrogens with zero attached hydrogens (tertiary/aromatic N) is 1. The van der Waals surface area contributed by atoms with Crippen LogP contribution >= 0.6 is 11.3 Å². The number of hydrogen-bond donors (Lipinski definition) is 1. The van der Waals surface area contributed by atoms with Crippen LogP contribution in [-0.2, 0) is 9.84 Å². The molecule has 38 heavy (non-hydrogen) atoms. The summed E-state index contributed by atoms with van der Waals surface area (Å²) in [6.45, 7) is 7.25. The van der Waals surface area contributed by atoms with Gasteiger partial charge in [0.1, 0.15) is 33.8 Å². The van der Waals surface area contributed by atoms with Crippen LogP contribution in [0, 0.1) is 0 Å². The third-order valence-corrected chi connectivity index (χ3v) is 10.7. The van der Waals surface area contributed by atoms with Crippen molar-refractivity contribution in [1.82, 2.24) is 4.90 Å². The lowest BCUT2D eigenvalue weighted by molar-refractivity contribution is 0.183. The van der Waals surface area contributed by atoms with Crippen molar-refractivity contribution in [2.24, 2.45) is 0 Å². The standard InChI is InChI=1S/C30H33NO5S2/c1-21(2)38(33,34)29-15-14-28(37-29)27-12-6-22-20-23(32)7-13-26(22)30(27)36-25-10-8-24(9-11-25)35-19-18-31-16-4-3-5-17-31/h6-15,20-21,32H,3-5,16-19H2,1-2H3. The molecule has 0 radical (unpaired) electrons. The second kappa shape index (κ2) is 11.4. The van der Waals surface area contributed by atoms with Crippen molar-refractivity contribution in [3.8, 4) is 33.4 Å². The van der Waals surface area contributed by atoms with Gasteiger partial charge in [-0.2, -0.15) is 0 Å². The third kappa shape index (κ3) is 5.82. The van der Waals surface area contributed by atoms with Gasteiger partial charge in [-0.25, -0.2) is 8.42 Å². The van der Waals surface area contributed by atoms with Crippen LogP contribution in [-0.4, -0.2) is 49.9 Å². The number of phenolic OH excluding ortho intramolecular Hbond substituents is 1. The fourth-order valence-corrected chi connectivity index (χ4v) is 7.43. The molecule has 1 fully saturated rings. The highest BCUT2D eigenvalue weighted by molar-refractivity contribution is 7.94. The van der Waals surface area contributed by atoms with Crippen molar-refractivity contribution in [3.05, 3.63) is 66.7 Å². The van der Waals surface area contributed by atoms with Crippen LogP contribution in [0.1, 0.15) is 33.1 Å². The first-order valence-electron chi connectivity index (χ1n) is 13.0.